The molecule has 1 aromatic carbocycles. The van der Waals surface area contributed by atoms with E-state index < -0.39 is 5.54 Å². The van der Waals surface area contributed by atoms with Crippen molar-refractivity contribution < 1.29 is 13.9 Å². The van der Waals surface area contributed by atoms with Crippen LogP contribution in [0.5, 0.6) is 5.75 Å². The first kappa shape index (κ1) is 19.4. The lowest BCUT2D eigenvalue weighted by molar-refractivity contribution is -0.131. The number of carbonyl (C=O) groups is 1. The summed E-state index contributed by atoms with van der Waals surface area (Å²) in [6, 6.07) is 5.20. The molecule has 0 bridgehead atoms. The van der Waals surface area contributed by atoms with Gasteiger partial charge in [-0.3, -0.25) is 9.69 Å². The lowest BCUT2D eigenvalue weighted by Crippen LogP contribution is -2.56. The number of hydrogen-bond donors (Lipinski definition) is 1. The number of methoxy groups -OCH3 is 1. The molecule has 5 heteroatoms. The topological polar surface area (TPSA) is 41.6 Å². The summed E-state index contributed by atoms with van der Waals surface area (Å²) >= 11 is 0. The van der Waals surface area contributed by atoms with E-state index in [1.54, 1.807) is 18.2 Å². The number of nitrogens with zero attached hydrogens (tertiary/aromatic N) is 1. The zero-order chi connectivity index (χ0) is 18.6. The number of benzene rings is 1. The highest BCUT2D eigenvalue weighted by molar-refractivity contribution is 5.85. The highest BCUT2D eigenvalue weighted by Crippen LogP contribution is 2.31. The minimum atomic E-state index is -0.593. The van der Waals surface area contributed by atoms with E-state index in [0.29, 0.717) is 37.5 Å². The van der Waals surface area contributed by atoms with Gasteiger partial charge in [0, 0.05) is 25.2 Å². The highest BCUT2D eigenvalue weighted by Gasteiger charge is 2.35. The van der Waals surface area contributed by atoms with Crippen LogP contribution in [0.1, 0.15) is 39.7 Å². The van der Waals surface area contributed by atoms with Crippen molar-refractivity contribution in [3.05, 3.63) is 35.7 Å². The van der Waals surface area contributed by atoms with E-state index in [-0.39, 0.29) is 17.5 Å². The summed E-state index contributed by atoms with van der Waals surface area (Å²) in [5, 5.41) is 3.01. The van der Waals surface area contributed by atoms with Crippen molar-refractivity contribution >= 4 is 11.5 Å². The number of halogens is 1. The van der Waals surface area contributed by atoms with Gasteiger partial charge in [-0.25, -0.2) is 4.39 Å². The van der Waals surface area contributed by atoms with Crippen LogP contribution >= 0.6 is 0 Å². The molecule has 1 N–H and O–H groups in total. The molecule has 0 spiro atoms. The molecule has 1 amide bonds. The second-order valence-corrected chi connectivity index (χ2v) is 7.41. The normalized spacial score (nSPS) is 15.9. The Labute approximate surface area is 150 Å². The van der Waals surface area contributed by atoms with Crippen LogP contribution in [0.4, 0.5) is 4.39 Å². The predicted octanol–water partition coefficient (Wildman–Crippen LogP) is 3.47. The van der Waals surface area contributed by atoms with Crippen LogP contribution in [0.15, 0.2) is 24.3 Å². The zero-order valence-electron chi connectivity index (χ0n) is 15.9. The summed E-state index contributed by atoms with van der Waals surface area (Å²) in [5.74, 6) is 0.391. The van der Waals surface area contributed by atoms with Crippen LogP contribution in [0.2, 0.25) is 0 Å². The Morgan fingerprint density at radius 3 is 2.68 bits per heavy atom. The molecule has 0 aromatic heterocycles. The fourth-order valence-corrected chi connectivity index (χ4v) is 2.99. The minimum Gasteiger partial charge on any atom is -0.494 e. The summed E-state index contributed by atoms with van der Waals surface area (Å²) in [6.07, 6.45) is 2.71. The maximum atomic E-state index is 14.4. The van der Waals surface area contributed by atoms with Crippen molar-refractivity contribution in [2.75, 3.05) is 26.7 Å². The summed E-state index contributed by atoms with van der Waals surface area (Å²) in [5.41, 5.74) is 0.955. The highest BCUT2D eigenvalue weighted by atomic mass is 19.1. The van der Waals surface area contributed by atoms with Gasteiger partial charge in [0.2, 0.25) is 5.91 Å². The monoisotopic (exact) mass is 348 g/mol. The van der Waals surface area contributed by atoms with E-state index in [4.69, 9.17) is 4.74 Å². The Morgan fingerprint density at radius 1 is 1.40 bits per heavy atom. The largest absolute Gasteiger partial charge is 0.494 e. The molecule has 138 valence electrons. The van der Waals surface area contributed by atoms with E-state index in [1.807, 2.05) is 19.9 Å². The molecule has 0 saturated carbocycles. The molecular weight excluding hydrogens is 319 g/mol. The molecule has 1 aromatic rings. The Kier molecular flexibility index (Phi) is 6.22. The summed E-state index contributed by atoms with van der Waals surface area (Å²) < 4.78 is 19.5. The van der Waals surface area contributed by atoms with Gasteiger partial charge in [-0.2, -0.15) is 0 Å². The van der Waals surface area contributed by atoms with E-state index in [2.05, 4.69) is 24.1 Å². The fraction of sp³-hybridized carbons (Fsp3) is 0.550. The van der Waals surface area contributed by atoms with Crippen LogP contribution in [0.3, 0.4) is 0 Å². The standard InChI is InChI=1S/C20H29FN2O2/c1-14(2)13-22-19(24)20(3,4)23-11-9-15(10-12-23)16-7-6-8-17(25-5)18(16)21/h6-9,14H,10-13H2,1-5H3,(H,22,24). The minimum absolute atomic E-state index is 0.0330. The number of carbonyl (C=O) groups excluding carboxylic acids is 1. The molecule has 2 rings (SSSR count). The number of ether oxygens (including phenoxy) is 1. The second kappa shape index (κ2) is 8.00. The first-order valence-corrected chi connectivity index (χ1v) is 8.82. The molecule has 25 heavy (non-hydrogen) atoms. The average Bonchev–Trinajstić information content (AvgIpc) is 2.60. The van der Waals surface area contributed by atoms with Crippen molar-refractivity contribution in [3.8, 4) is 5.75 Å². The molecule has 0 fully saturated rings. The lowest BCUT2D eigenvalue weighted by Gasteiger charge is -2.39. The van der Waals surface area contributed by atoms with Crippen molar-refractivity contribution in [2.24, 2.45) is 5.92 Å². The molecule has 1 heterocycles. The first-order chi connectivity index (χ1) is 11.8. The second-order valence-electron chi connectivity index (χ2n) is 7.41. The molecule has 1 aliphatic rings. The molecule has 0 radical (unpaired) electrons. The third-order valence-electron chi connectivity index (χ3n) is 4.76. The first-order valence-electron chi connectivity index (χ1n) is 8.82. The molecule has 1 aliphatic heterocycles. The lowest BCUT2D eigenvalue weighted by atomic mass is 9.94. The van der Waals surface area contributed by atoms with Crippen LogP contribution in [-0.2, 0) is 4.79 Å². The van der Waals surface area contributed by atoms with E-state index >= 15 is 0 Å². The van der Waals surface area contributed by atoms with Gasteiger partial charge in [0.05, 0.1) is 12.6 Å². The Balaban J connectivity index is 2.10. The van der Waals surface area contributed by atoms with Gasteiger partial charge in [-0.15, -0.1) is 0 Å². The summed E-state index contributed by atoms with van der Waals surface area (Å²) in [7, 11) is 1.47. The Morgan fingerprint density at radius 2 is 2.12 bits per heavy atom. The van der Waals surface area contributed by atoms with E-state index in [0.717, 1.165) is 5.57 Å². The molecule has 0 unspecified atom stereocenters. The van der Waals surface area contributed by atoms with E-state index in [9.17, 15) is 9.18 Å². The third-order valence-corrected chi connectivity index (χ3v) is 4.76. The average molecular weight is 348 g/mol. The fourth-order valence-electron chi connectivity index (χ4n) is 2.99. The molecule has 0 aliphatic carbocycles. The molecular formula is C20H29FN2O2. The number of nitrogens with one attached hydrogen (secondary N) is 1. The predicted molar refractivity (Wildman–Crippen MR) is 99.0 cm³/mol. The van der Waals surface area contributed by atoms with Gasteiger partial charge < -0.3 is 10.1 Å². The zero-order valence-corrected chi connectivity index (χ0v) is 15.9. The molecule has 4 nitrogen and oxygen atoms in total. The van der Waals surface area contributed by atoms with Gasteiger partial charge in [0.15, 0.2) is 11.6 Å². The molecule has 0 saturated heterocycles. The van der Waals surface area contributed by atoms with Gasteiger partial charge >= 0.3 is 0 Å². The summed E-state index contributed by atoms with van der Waals surface area (Å²) in [6.45, 7) is 10.0. The molecule has 0 atom stereocenters. The van der Waals surface area contributed by atoms with Crippen molar-refractivity contribution in [3.63, 3.8) is 0 Å². The van der Waals surface area contributed by atoms with Crippen LogP contribution in [0, 0.1) is 11.7 Å². The third kappa shape index (κ3) is 4.40. The van der Waals surface area contributed by atoms with E-state index in [1.165, 1.54) is 7.11 Å². The number of rotatable bonds is 6. The quantitative estimate of drug-likeness (QED) is 0.856. The Bertz CT molecular complexity index is 653. The van der Waals surface area contributed by atoms with Gasteiger partial charge in [0.1, 0.15) is 0 Å². The van der Waals surface area contributed by atoms with Crippen molar-refractivity contribution in [2.45, 2.75) is 39.7 Å². The summed E-state index contributed by atoms with van der Waals surface area (Å²) in [4.78, 5) is 14.6. The van der Waals surface area contributed by atoms with Gasteiger partial charge in [-0.1, -0.05) is 32.1 Å². The number of hydrogen-bond acceptors (Lipinski definition) is 3. The van der Waals surface area contributed by atoms with Gasteiger partial charge in [-0.05, 0) is 37.8 Å². The Hall–Kier alpha value is -1.88. The van der Waals surface area contributed by atoms with Crippen LogP contribution in [0.25, 0.3) is 5.57 Å². The maximum Gasteiger partial charge on any atom is 0.239 e. The van der Waals surface area contributed by atoms with Crippen molar-refractivity contribution in [1.82, 2.24) is 10.2 Å². The van der Waals surface area contributed by atoms with Crippen LogP contribution < -0.4 is 10.1 Å². The maximum absolute atomic E-state index is 14.4. The SMILES string of the molecule is COc1cccc(C2=CCN(C(C)(C)C(=O)NCC(C)C)CC2)c1F. The smallest absolute Gasteiger partial charge is 0.239 e. The van der Waals surface area contributed by atoms with Crippen LogP contribution in [-0.4, -0.2) is 43.1 Å². The van der Waals surface area contributed by atoms with Gasteiger partial charge in [0.25, 0.3) is 0 Å². The van der Waals surface area contributed by atoms with Crippen molar-refractivity contribution in [1.29, 1.82) is 0 Å². The number of amides is 1.